The number of hydrogen-bond donors (Lipinski definition) is 1. The van der Waals surface area contributed by atoms with Gasteiger partial charge in [0.1, 0.15) is 5.82 Å². The van der Waals surface area contributed by atoms with Gasteiger partial charge in [0.15, 0.2) is 5.16 Å². The molecular formula is C19H20N4OS2. The highest BCUT2D eigenvalue weighted by atomic mass is 32.2. The van der Waals surface area contributed by atoms with Gasteiger partial charge in [0.05, 0.1) is 5.75 Å². The maximum Gasteiger partial charge on any atom is 0.227 e. The van der Waals surface area contributed by atoms with Crippen LogP contribution in [0.25, 0.3) is 5.69 Å². The summed E-state index contributed by atoms with van der Waals surface area (Å²) in [6.45, 7) is 0. The van der Waals surface area contributed by atoms with Crippen molar-refractivity contribution in [3.05, 3.63) is 72.1 Å². The van der Waals surface area contributed by atoms with E-state index in [1.54, 1.807) is 0 Å². The maximum absolute atomic E-state index is 11.1. The molecule has 0 bridgehead atoms. The molecule has 3 aromatic rings. The number of thioether (sulfide) groups is 2. The van der Waals surface area contributed by atoms with Gasteiger partial charge in [-0.2, -0.15) is 11.8 Å². The zero-order chi connectivity index (χ0) is 18.2. The van der Waals surface area contributed by atoms with E-state index in [1.807, 2.05) is 52.7 Å². The fraction of sp³-hybridized carbons (Fsp3) is 0.211. The van der Waals surface area contributed by atoms with Crippen LogP contribution >= 0.6 is 23.5 Å². The Balaban J connectivity index is 1.69. The zero-order valence-electron chi connectivity index (χ0n) is 14.2. The minimum Gasteiger partial charge on any atom is -0.369 e. The number of carbonyl (C=O) groups excluding carboxylic acids is 1. The molecule has 0 saturated heterocycles. The predicted molar refractivity (Wildman–Crippen MR) is 108 cm³/mol. The Labute approximate surface area is 161 Å². The third-order valence-corrected chi connectivity index (χ3v) is 5.62. The first kappa shape index (κ1) is 18.5. The summed E-state index contributed by atoms with van der Waals surface area (Å²) in [6, 6.07) is 20.4. The third-order valence-electron chi connectivity index (χ3n) is 3.64. The fourth-order valence-corrected chi connectivity index (χ4v) is 4.06. The first-order valence-corrected chi connectivity index (χ1v) is 10.4. The highest BCUT2D eigenvalue weighted by Gasteiger charge is 2.15. The second-order valence-corrected chi connectivity index (χ2v) is 7.66. The highest BCUT2D eigenvalue weighted by molar-refractivity contribution is 7.99. The standard InChI is InChI=1S/C19H20N4OS2/c20-17(24)14-26-19-22-21-18(23(19)16-9-5-2-6-10-16)11-12-25-13-15-7-3-1-4-8-15/h1-10H,11-14H2,(H2,20,24). The molecule has 0 fully saturated rings. The van der Waals surface area contributed by atoms with Gasteiger partial charge in [0.2, 0.25) is 5.91 Å². The molecule has 26 heavy (non-hydrogen) atoms. The van der Waals surface area contributed by atoms with Gasteiger partial charge in [-0.3, -0.25) is 9.36 Å². The molecule has 0 aliphatic rings. The largest absolute Gasteiger partial charge is 0.369 e. The van der Waals surface area contributed by atoms with Gasteiger partial charge in [0, 0.05) is 23.6 Å². The molecule has 1 aromatic heterocycles. The molecule has 0 aliphatic carbocycles. The predicted octanol–water partition coefficient (Wildman–Crippen LogP) is 3.32. The van der Waals surface area contributed by atoms with Crippen LogP contribution in [-0.4, -0.2) is 32.2 Å². The molecule has 2 N–H and O–H groups in total. The number of nitrogens with two attached hydrogens (primary N) is 1. The van der Waals surface area contributed by atoms with Crippen LogP contribution in [0.5, 0.6) is 0 Å². The minimum atomic E-state index is -0.363. The van der Waals surface area contributed by atoms with Gasteiger partial charge in [-0.15, -0.1) is 10.2 Å². The second kappa shape index (κ2) is 9.45. The van der Waals surface area contributed by atoms with E-state index in [0.29, 0.717) is 5.16 Å². The number of rotatable bonds is 9. The molecule has 0 spiro atoms. The number of aryl methyl sites for hydroxylation is 1. The number of aromatic nitrogens is 3. The molecule has 0 saturated carbocycles. The SMILES string of the molecule is NC(=O)CSc1nnc(CCSCc2ccccc2)n1-c1ccccc1. The Kier molecular flexibility index (Phi) is 6.74. The number of nitrogens with zero attached hydrogens (tertiary/aromatic N) is 3. The molecule has 0 radical (unpaired) electrons. The van der Waals surface area contributed by atoms with Crippen molar-refractivity contribution in [2.24, 2.45) is 5.73 Å². The summed E-state index contributed by atoms with van der Waals surface area (Å²) >= 11 is 3.19. The van der Waals surface area contributed by atoms with Crippen LogP contribution in [0.15, 0.2) is 65.8 Å². The zero-order valence-corrected chi connectivity index (χ0v) is 15.9. The van der Waals surface area contributed by atoms with E-state index >= 15 is 0 Å². The lowest BCUT2D eigenvalue weighted by Crippen LogP contribution is -2.14. The summed E-state index contributed by atoms with van der Waals surface area (Å²) in [4.78, 5) is 11.1. The Morgan fingerprint density at radius 1 is 1.00 bits per heavy atom. The number of hydrogen-bond acceptors (Lipinski definition) is 5. The first-order chi connectivity index (χ1) is 12.7. The fourth-order valence-electron chi connectivity index (χ4n) is 2.46. The van der Waals surface area contributed by atoms with Crippen LogP contribution in [0.1, 0.15) is 11.4 Å². The van der Waals surface area contributed by atoms with E-state index in [-0.39, 0.29) is 11.7 Å². The molecule has 3 rings (SSSR count). The van der Waals surface area contributed by atoms with E-state index in [9.17, 15) is 4.79 Å². The lowest BCUT2D eigenvalue weighted by Gasteiger charge is -2.09. The molecule has 134 valence electrons. The van der Waals surface area contributed by atoms with Crippen molar-refractivity contribution in [1.82, 2.24) is 14.8 Å². The summed E-state index contributed by atoms with van der Waals surface area (Å²) in [5, 5.41) is 9.29. The van der Waals surface area contributed by atoms with E-state index in [0.717, 1.165) is 29.4 Å². The van der Waals surface area contributed by atoms with Crippen LogP contribution in [-0.2, 0) is 17.0 Å². The topological polar surface area (TPSA) is 73.8 Å². The van der Waals surface area contributed by atoms with E-state index < -0.39 is 0 Å². The van der Waals surface area contributed by atoms with Crippen LogP contribution in [0.4, 0.5) is 0 Å². The molecule has 7 heteroatoms. The first-order valence-electron chi connectivity index (χ1n) is 8.26. The second-order valence-electron chi connectivity index (χ2n) is 5.61. The van der Waals surface area contributed by atoms with Crippen molar-refractivity contribution < 1.29 is 4.79 Å². The van der Waals surface area contributed by atoms with Gasteiger partial charge < -0.3 is 5.73 Å². The molecule has 0 unspecified atom stereocenters. The van der Waals surface area contributed by atoms with E-state index in [4.69, 9.17) is 5.73 Å². The third kappa shape index (κ3) is 5.12. The van der Waals surface area contributed by atoms with Crippen molar-refractivity contribution in [2.45, 2.75) is 17.3 Å². The molecule has 2 aromatic carbocycles. The van der Waals surface area contributed by atoms with Gasteiger partial charge in [0.25, 0.3) is 0 Å². The lowest BCUT2D eigenvalue weighted by molar-refractivity contribution is -0.115. The van der Waals surface area contributed by atoms with Crippen LogP contribution < -0.4 is 5.73 Å². The Morgan fingerprint density at radius 2 is 1.69 bits per heavy atom. The quantitative estimate of drug-likeness (QED) is 0.452. The molecule has 5 nitrogen and oxygen atoms in total. The maximum atomic E-state index is 11.1. The van der Waals surface area contributed by atoms with Crippen molar-refractivity contribution >= 4 is 29.4 Å². The van der Waals surface area contributed by atoms with Crippen LogP contribution in [0.3, 0.4) is 0 Å². The average molecular weight is 385 g/mol. The Bertz CT molecular complexity index is 837. The van der Waals surface area contributed by atoms with Crippen molar-refractivity contribution in [3.63, 3.8) is 0 Å². The van der Waals surface area contributed by atoms with Gasteiger partial charge in [-0.1, -0.05) is 60.3 Å². The number of para-hydroxylation sites is 1. The number of amides is 1. The minimum absolute atomic E-state index is 0.188. The molecule has 0 aliphatic heterocycles. The van der Waals surface area contributed by atoms with Gasteiger partial charge >= 0.3 is 0 Å². The summed E-state index contributed by atoms with van der Waals surface area (Å²) in [5.74, 6) is 2.64. The van der Waals surface area contributed by atoms with Crippen molar-refractivity contribution in [3.8, 4) is 5.69 Å². The molecule has 1 heterocycles. The van der Waals surface area contributed by atoms with Crippen molar-refractivity contribution in [1.29, 1.82) is 0 Å². The Morgan fingerprint density at radius 3 is 2.38 bits per heavy atom. The number of carbonyl (C=O) groups is 1. The normalized spacial score (nSPS) is 10.8. The monoisotopic (exact) mass is 384 g/mol. The summed E-state index contributed by atoms with van der Waals surface area (Å²) in [7, 11) is 0. The van der Waals surface area contributed by atoms with E-state index in [1.165, 1.54) is 17.3 Å². The smallest absolute Gasteiger partial charge is 0.227 e. The molecule has 0 atom stereocenters. The molecular weight excluding hydrogens is 364 g/mol. The van der Waals surface area contributed by atoms with Crippen LogP contribution in [0, 0.1) is 0 Å². The lowest BCUT2D eigenvalue weighted by atomic mass is 10.2. The summed E-state index contributed by atoms with van der Waals surface area (Å²) in [6.07, 6.45) is 0.802. The Hall–Kier alpha value is -2.25. The van der Waals surface area contributed by atoms with E-state index in [2.05, 4.69) is 34.5 Å². The van der Waals surface area contributed by atoms with Gasteiger partial charge in [-0.25, -0.2) is 0 Å². The van der Waals surface area contributed by atoms with Crippen LogP contribution in [0.2, 0.25) is 0 Å². The summed E-state index contributed by atoms with van der Waals surface area (Å²) in [5.41, 5.74) is 7.58. The molecule has 1 amide bonds. The van der Waals surface area contributed by atoms with Crippen molar-refractivity contribution in [2.75, 3.05) is 11.5 Å². The summed E-state index contributed by atoms with van der Waals surface area (Å²) < 4.78 is 2.01. The average Bonchev–Trinajstić information content (AvgIpc) is 3.08. The van der Waals surface area contributed by atoms with Gasteiger partial charge in [-0.05, 0) is 17.7 Å². The highest BCUT2D eigenvalue weighted by Crippen LogP contribution is 2.23. The number of primary amides is 1. The number of benzene rings is 2.